The lowest BCUT2D eigenvalue weighted by atomic mass is 9.82. The summed E-state index contributed by atoms with van der Waals surface area (Å²) in [6.07, 6.45) is 2.22. The zero-order valence-electron chi connectivity index (χ0n) is 18.2. The van der Waals surface area contributed by atoms with Gasteiger partial charge in [-0.2, -0.15) is 0 Å². The Labute approximate surface area is 188 Å². The molecule has 0 amide bonds. The summed E-state index contributed by atoms with van der Waals surface area (Å²) in [4.78, 5) is 29.7. The summed E-state index contributed by atoms with van der Waals surface area (Å²) in [6.45, 7) is 1.99. The van der Waals surface area contributed by atoms with Gasteiger partial charge in [0.2, 0.25) is 0 Å². The molecule has 0 aliphatic heterocycles. The number of H-pyrrole nitrogens is 1. The van der Waals surface area contributed by atoms with Crippen LogP contribution < -0.4 is 27.6 Å². The van der Waals surface area contributed by atoms with Crippen LogP contribution in [0.25, 0.3) is 11.3 Å². The van der Waals surface area contributed by atoms with E-state index in [2.05, 4.69) is 4.98 Å². The smallest absolute Gasteiger partial charge is 0.329 e. The molecule has 0 radical (unpaired) electrons. The van der Waals surface area contributed by atoms with E-state index in [1.807, 2.05) is 13.0 Å². The zero-order chi connectivity index (χ0) is 22.7. The van der Waals surface area contributed by atoms with Crippen LogP contribution in [0.1, 0.15) is 65.8 Å². The van der Waals surface area contributed by atoms with E-state index < -0.39 is 29.4 Å². The second-order valence-corrected chi connectivity index (χ2v) is 10.2. The average Bonchev–Trinajstić information content (AvgIpc) is 3.51. The Morgan fingerprint density at radius 1 is 1.38 bits per heavy atom. The number of alkyl halides is 1. The lowest BCUT2D eigenvalue weighted by molar-refractivity contribution is 0.142. The molecule has 9 heteroatoms. The Hall–Kier alpha value is -2.23. The summed E-state index contributed by atoms with van der Waals surface area (Å²) >= 11 is 1.55. The second-order valence-electron chi connectivity index (χ2n) is 9.04. The van der Waals surface area contributed by atoms with Gasteiger partial charge in [0.05, 0.1) is 24.5 Å². The Bertz CT molecular complexity index is 1310. The van der Waals surface area contributed by atoms with Crippen LogP contribution in [-0.2, 0) is 11.2 Å². The highest BCUT2D eigenvalue weighted by Gasteiger charge is 2.39. The predicted molar refractivity (Wildman–Crippen MR) is 121 cm³/mol. The maximum atomic E-state index is 16.0. The number of aliphatic hydroxyl groups is 1. The third-order valence-electron chi connectivity index (χ3n) is 7.10. The Balaban J connectivity index is 1.75. The number of aromatic nitrogens is 2. The van der Waals surface area contributed by atoms with Gasteiger partial charge in [-0.05, 0) is 56.2 Å². The van der Waals surface area contributed by atoms with Gasteiger partial charge < -0.3 is 15.6 Å². The average molecular weight is 462 g/mol. The number of thiophene rings is 1. The minimum absolute atomic E-state index is 0.0126. The summed E-state index contributed by atoms with van der Waals surface area (Å²) < 4.78 is 23.0. The monoisotopic (exact) mass is 461 g/mol. The number of nitrogens with zero attached hydrogens (tertiary/aromatic N) is 1. The molecule has 1 saturated carbocycles. The summed E-state index contributed by atoms with van der Waals surface area (Å²) in [6, 6.07) is 2.01. The minimum atomic E-state index is -1.54. The highest BCUT2D eigenvalue weighted by Crippen LogP contribution is 2.45. The molecule has 4 atom stereocenters. The molecule has 0 spiro atoms. The molecule has 0 aromatic carbocycles. The fourth-order valence-electron chi connectivity index (χ4n) is 5.40. The number of ether oxygens (including phenoxy) is 1. The normalized spacial score (nSPS) is 26.0. The summed E-state index contributed by atoms with van der Waals surface area (Å²) in [5.41, 5.74) is 6.36. The van der Waals surface area contributed by atoms with E-state index in [9.17, 15) is 14.7 Å². The van der Waals surface area contributed by atoms with Crippen LogP contribution in [-0.4, -0.2) is 40.6 Å². The Morgan fingerprint density at radius 3 is 2.78 bits per heavy atom. The van der Waals surface area contributed by atoms with Crippen LogP contribution in [0.3, 0.4) is 0 Å². The summed E-state index contributed by atoms with van der Waals surface area (Å²) in [5, 5.41) is 11.0. The standard InChI is InChI=1S/C23H28FN3O4S/c1-10-17(16-8-13-12(14(28)9-25)4-3-5-15(13)32-16)19(24)21(31-2)18-20(10)27(11-6-7-11)23(30)26-22(18)29/h8,11-12,14,17,19,28H,3-7,9,25H2,1-2H3,(H,26,29,30). The number of methoxy groups -OCH3 is 1. The van der Waals surface area contributed by atoms with Gasteiger partial charge in [0.1, 0.15) is 11.0 Å². The molecule has 4 unspecified atom stereocenters. The van der Waals surface area contributed by atoms with Crippen LogP contribution in [0.2, 0.25) is 0 Å². The Morgan fingerprint density at radius 2 is 2.12 bits per heavy atom. The topological polar surface area (TPSA) is 110 Å². The largest absolute Gasteiger partial charge is 0.497 e. The Kier molecular flexibility index (Phi) is 5.38. The molecule has 7 nitrogen and oxygen atoms in total. The van der Waals surface area contributed by atoms with Crippen molar-refractivity contribution < 1.29 is 14.2 Å². The number of aliphatic hydroxyl groups excluding tert-OH is 1. The lowest BCUT2D eigenvalue weighted by Gasteiger charge is -2.27. The number of rotatable bonds is 5. The number of hydrogen-bond donors (Lipinski definition) is 3. The molecule has 5 rings (SSSR count). The first-order valence-corrected chi connectivity index (χ1v) is 12.0. The van der Waals surface area contributed by atoms with Crippen molar-refractivity contribution in [2.24, 2.45) is 5.73 Å². The molecule has 0 saturated heterocycles. The molecule has 1 fully saturated rings. The van der Waals surface area contributed by atoms with E-state index in [0.29, 0.717) is 10.9 Å². The molecule has 2 heterocycles. The predicted octanol–water partition coefficient (Wildman–Crippen LogP) is 0.733. The van der Waals surface area contributed by atoms with Gasteiger partial charge in [-0.1, -0.05) is 0 Å². The van der Waals surface area contributed by atoms with Crippen molar-refractivity contribution >= 4 is 22.7 Å². The van der Waals surface area contributed by atoms with Crippen LogP contribution in [0, 0.1) is 0 Å². The van der Waals surface area contributed by atoms with Crippen LogP contribution in [0.15, 0.2) is 15.7 Å². The van der Waals surface area contributed by atoms with Crippen molar-refractivity contribution in [2.75, 3.05) is 13.7 Å². The number of nitrogens with two attached hydrogens (primary N) is 1. The van der Waals surface area contributed by atoms with Crippen molar-refractivity contribution in [1.82, 2.24) is 9.55 Å². The first-order valence-electron chi connectivity index (χ1n) is 11.2. The third-order valence-corrected chi connectivity index (χ3v) is 8.39. The maximum absolute atomic E-state index is 16.0. The van der Waals surface area contributed by atoms with Crippen molar-refractivity contribution in [3.63, 3.8) is 0 Å². The number of fused-ring (bicyclic) bond motifs is 2. The number of aromatic amines is 1. The number of hydrogen-bond acceptors (Lipinski definition) is 6. The maximum Gasteiger partial charge on any atom is 0.329 e. The molecular weight excluding hydrogens is 433 g/mol. The van der Waals surface area contributed by atoms with Crippen molar-refractivity contribution in [3.8, 4) is 0 Å². The molecule has 172 valence electrons. The number of halogens is 1. The first kappa shape index (κ1) is 21.6. The SMILES string of the molecule is COC1=c2c(=O)[nH]c(=O)n(C3CC3)c2=C(C)C(c2cc3c(s2)CCCC3C(O)CN)C1F. The van der Waals surface area contributed by atoms with Crippen molar-refractivity contribution in [2.45, 2.75) is 69.2 Å². The summed E-state index contributed by atoms with van der Waals surface area (Å²) in [5.74, 6) is -0.743. The molecular formula is C23H28FN3O4S. The number of nitrogens with one attached hydrogen (secondary N) is 1. The van der Waals surface area contributed by atoms with E-state index in [1.165, 1.54) is 7.11 Å². The van der Waals surface area contributed by atoms with E-state index in [4.69, 9.17) is 10.5 Å². The van der Waals surface area contributed by atoms with E-state index in [-0.39, 0.29) is 29.5 Å². The fourth-order valence-corrected chi connectivity index (χ4v) is 6.87. The van der Waals surface area contributed by atoms with Crippen molar-refractivity contribution in [3.05, 3.63) is 52.8 Å². The van der Waals surface area contributed by atoms with Gasteiger partial charge in [0, 0.05) is 28.3 Å². The number of aryl methyl sites for hydroxylation is 1. The third kappa shape index (κ3) is 3.21. The van der Waals surface area contributed by atoms with E-state index in [1.54, 1.807) is 15.9 Å². The van der Waals surface area contributed by atoms with Crippen molar-refractivity contribution in [1.29, 1.82) is 0 Å². The first-order chi connectivity index (χ1) is 15.4. The van der Waals surface area contributed by atoms with Crippen LogP contribution in [0.5, 0.6) is 0 Å². The van der Waals surface area contributed by atoms with Crippen LogP contribution >= 0.6 is 11.3 Å². The zero-order valence-corrected chi connectivity index (χ0v) is 19.0. The van der Waals surface area contributed by atoms with Gasteiger partial charge in [-0.15, -0.1) is 11.3 Å². The fraction of sp³-hybridized carbons (Fsp3) is 0.565. The molecule has 3 aliphatic rings. The quantitative estimate of drug-likeness (QED) is 0.608. The minimum Gasteiger partial charge on any atom is -0.497 e. The van der Waals surface area contributed by atoms with Gasteiger partial charge >= 0.3 is 5.69 Å². The van der Waals surface area contributed by atoms with Gasteiger partial charge in [0.25, 0.3) is 5.56 Å². The van der Waals surface area contributed by atoms with E-state index in [0.717, 1.165) is 47.4 Å². The van der Waals surface area contributed by atoms with Gasteiger partial charge in [0.15, 0.2) is 6.17 Å². The van der Waals surface area contributed by atoms with Crippen LogP contribution in [0.4, 0.5) is 4.39 Å². The molecule has 32 heavy (non-hydrogen) atoms. The highest BCUT2D eigenvalue weighted by atomic mass is 32.1. The lowest BCUT2D eigenvalue weighted by Crippen LogP contribution is -2.58. The van der Waals surface area contributed by atoms with Gasteiger partial charge in [-0.3, -0.25) is 14.3 Å². The molecule has 3 aliphatic carbocycles. The molecule has 2 aromatic heterocycles. The highest BCUT2D eigenvalue weighted by molar-refractivity contribution is 7.12. The summed E-state index contributed by atoms with van der Waals surface area (Å²) in [7, 11) is 1.36. The van der Waals surface area contributed by atoms with Gasteiger partial charge in [-0.25, -0.2) is 9.18 Å². The second kappa shape index (κ2) is 7.97. The molecule has 2 aromatic rings. The molecule has 0 bridgehead atoms. The van der Waals surface area contributed by atoms with E-state index >= 15 is 4.39 Å². The molecule has 4 N–H and O–H groups in total.